The molecule has 1 aliphatic heterocycles. The van der Waals surface area contributed by atoms with Gasteiger partial charge in [-0.1, -0.05) is 42.5 Å². The van der Waals surface area contributed by atoms with Crippen molar-refractivity contribution in [2.75, 3.05) is 20.6 Å². The second kappa shape index (κ2) is 10.2. The average molecular weight is 528 g/mol. The van der Waals surface area contributed by atoms with Crippen LogP contribution in [0, 0.1) is 17.6 Å². The number of hydrogen-bond acceptors (Lipinski definition) is 2. The predicted molar refractivity (Wildman–Crippen MR) is 150 cm³/mol. The number of hydrogen-bond donors (Lipinski definition) is 1. The molecule has 0 saturated heterocycles. The first-order chi connectivity index (χ1) is 18.9. The molecule has 3 aromatic carbocycles. The van der Waals surface area contributed by atoms with E-state index in [4.69, 9.17) is 0 Å². The van der Waals surface area contributed by atoms with Crippen molar-refractivity contribution in [2.45, 2.75) is 50.1 Å². The number of rotatable bonds is 5. The van der Waals surface area contributed by atoms with Crippen LogP contribution in [-0.4, -0.2) is 41.3 Å². The molecule has 1 atom stereocenters. The molecular formula is C33H35F2N3O. The van der Waals surface area contributed by atoms with E-state index in [9.17, 15) is 13.6 Å². The Balaban J connectivity index is 1.34. The van der Waals surface area contributed by atoms with E-state index in [1.54, 1.807) is 24.3 Å². The van der Waals surface area contributed by atoms with E-state index in [0.717, 1.165) is 48.7 Å². The van der Waals surface area contributed by atoms with Crippen molar-refractivity contribution in [3.05, 3.63) is 107 Å². The third kappa shape index (κ3) is 4.65. The van der Waals surface area contributed by atoms with Crippen LogP contribution in [0.15, 0.2) is 72.8 Å². The van der Waals surface area contributed by atoms with Gasteiger partial charge in [-0.05, 0) is 99.1 Å². The summed E-state index contributed by atoms with van der Waals surface area (Å²) in [6, 6.07) is 21.8. The van der Waals surface area contributed by atoms with E-state index in [2.05, 4.69) is 53.1 Å². The molecule has 0 bridgehead atoms. The van der Waals surface area contributed by atoms with Crippen LogP contribution in [-0.2, 0) is 23.2 Å². The zero-order valence-corrected chi connectivity index (χ0v) is 22.6. The Bertz CT molecular complexity index is 1470. The van der Waals surface area contributed by atoms with Gasteiger partial charge in [0.2, 0.25) is 5.91 Å². The molecular weight excluding hydrogens is 492 g/mol. The Hall–Kier alpha value is -3.51. The maximum Gasteiger partial charge on any atom is 0.227 e. The summed E-state index contributed by atoms with van der Waals surface area (Å²) in [6.07, 6.45) is 4.70. The van der Waals surface area contributed by atoms with Gasteiger partial charge in [0.05, 0.1) is 12.0 Å². The fourth-order valence-corrected chi connectivity index (χ4v) is 7.27. The van der Waals surface area contributed by atoms with Crippen LogP contribution < -0.4 is 0 Å². The van der Waals surface area contributed by atoms with Crippen LogP contribution >= 0.6 is 0 Å². The third-order valence-corrected chi connectivity index (χ3v) is 9.02. The summed E-state index contributed by atoms with van der Waals surface area (Å²) < 4.78 is 27.2. The van der Waals surface area contributed by atoms with Crippen molar-refractivity contribution >= 4 is 16.8 Å². The molecule has 1 saturated carbocycles. The van der Waals surface area contributed by atoms with E-state index in [-0.39, 0.29) is 30.0 Å². The summed E-state index contributed by atoms with van der Waals surface area (Å²) >= 11 is 0. The van der Waals surface area contributed by atoms with Crippen molar-refractivity contribution in [3.63, 3.8) is 0 Å². The SMILES string of the molecule is CN(C)C(c1ccc(F)cc1)C1CCC2(CC1)c1[nH]c3ccccc3c1CCN2C(=O)Cc1ccc(F)cc1. The number of benzene rings is 3. The number of aromatic amines is 1. The molecule has 202 valence electrons. The van der Waals surface area contributed by atoms with Crippen LogP contribution in [0.1, 0.15) is 54.1 Å². The number of H-pyrrole nitrogens is 1. The largest absolute Gasteiger partial charge is 0.356 e. The predicted octanol–water partition coefficient (Wildman–Crippen LogP) is 6.76. The molecule has 1 fully saturated rings. The fourth-order valence-electron chi connectivity index (χ4n) is 7.27. The highest BCUT2D eigenvalue weighted by atomic mass is 19.1. The number of para-hydroxylation sites is 1. The topological polar surface area (TPSA) is 39.3 Å². The third-order valence-electron chi connectivity index (χ3n) is 9.02. The van der Waals surface area contributed by atoms with Crippen molar-refractivity contribution < 1.29 is 13.6 Å². The van der Waals surface area contributed by atoms with E-state index >= 15 is 0 Å². The van der Waals surface area contributed by atoms with Crippen molar-refractivity contribution in [3.8, 4) is 0 Å². The standard InChI is InChI=1S/C33H35F2N3O/c1-37(2)31(23-9-13-26(35)14-10-23)24-15-18-33(19-16-24)32-28(27-5-3-4-6-29(27)36-32)17-20-38(33)30(39)21-22-7-11-25(34)12-8-22/h3-14,24,31,36H,15-21H2,1-2H3. The number of nitrogens with zero attached hydrogens (tertiary/aromatic N) is 2. The first-order valence-electron chi connectivity index (χ1n) is 13.9. The number of carbonyl (C=O) groups is 1. The normalized spacial score (nSPS) is 21.9. The van der Waals surface area contributed by atoms with Gasteiger partial charge in [-0.25, -0.2) is 8.78 Å². The summed E-state index contributed by atoms with van der Waals surface area (Å²) in [5.74, 6) is -0.0343. The van der Waals surface area contributed by atoms with Crippen LogP contribution in [0.5, 0.6) is 0 Å². The molecule has 1 N–H and O–H groups in total. The lowest BCUT2D eigenvalue weighted by molar-refractivity contribution is -0.141. The summed E-state index contributed by atoms with van der Waals surface area (Å²) in [5, 5.41) is 1.25. The molecule has 1 unspecified atom stereocenters. The highest BCUT2D eigenvalue weighted by Crippen LogP contribution is 2.51. The van der Waals surface area contributed by atoms with Gasteiger partial charge < -0.3 is 14.8 Å². The summed E-state index contributed by atoms with van der Waals surface area (Å²) in [5.41, 5.74) is 5.19. The van der Waals surface area contributed by atoms with Crippen molar-refractivity contribution in [2.24, 2.45) is 5.92 Å². The molecule has 6 heteroatoms. The number of nitrogens with one attached hydrogen (secondary N) is 1. The van der Waals surface area contributed by atoms with E-state index < -0.39 is 5.54 Å². The smallest absolute Gasteiger partial charge is 0.227 e. The van der Waals surface area contributed by atoms with Crippen LogP contribution in [0.2, 0.25) is 0 Å². The van der Waals surface area contributed by atoms with Crippen LogP contribution in [0.4, 0.5) is 8.78 Å². The van der Waals surface area contributed by atoms with Crippen molar-refractivity contribution in [1.82, 2.24) is 14.8 Å². The van der Waals surface area contributed by atoms with Gasteiger partial charge in [0, 0.05) is 29.2 Å². The second-order valence-corrected chi connectivity index (χ2v) is 11.5. The maximum absolute atomic E-state index is 13.9. The Morgan fingerprint density at radius 2 is 1.62 bits per heavy atom. The average Bonchev–Trinajstić information content (AvgIpc) is 3.32. The molecule has 1 spiro atoms. The summed E-state index contributed by atoms with van der Waals surface area (Å²) in [4.78, 5) is 22.0. The lowest BCUT2D eigenvalue weighted by Crippen LogP contribution is -2.56. The van der Waals surface area contributed by atoms with Gasteiger partial charge in [0.15, 0.2) is 0 Å². The molecule has 1 aliphatic carbocycles. The monoisotopic (exact) mass is 527 g/mol. The Morgan fingerprint density at radius 1 is 0.974 bits per heavy atom. The molecule has 1 amide bonds. The second-order valence-electron chi connectivity index (χ2n) is 11.5. The number of carbonyl (C=O) groups excluding carboxylic acids is 1. The van der Waals surface area contributed by atoms with E-state index in [1.807, 2.05) is 12.1 Å². The minimum atomic E-state index is -0.403. The molecule has 1 aromatic heterocycles. The number of halogens is 2. The lowest BCUT2D eigenvalue weighted by atomic mass is 9.68. The Kier molecular flexibility index (Phi) is 6.76. The highest BCUT2D eigenvalue weighted by molar-refractivity contribution is 5.87. The molecule has 2 heterocycles. The number of amides is 1. The van der Waals surface area contributed by atoms with Crippen LogP contribution in [0.3, 0.4) is 0 Å². The minimum absolute atomic E-state index is 0.0899. The summed E-state index contributed by atoms with van der Waals surface area (Å²) in [6.45, 7) is 0.675. The van der Waals surface area contributed by atoms with Gasteiger partial charge in [-0.2, -0.15) is 0 Å². The zero-order chi connectivity index (χ0) is 27.1. The molecule has 2 aliphatic rings. The Morgan fingerprint density at radius 3 is 2.28 bits per heavy atom. The molecule has 4 nitrogen and oxygen atoms in total. The van der Waals surface area contributed by atoms with Gasteiger partial charge in [-0.3, -0.25) is 4.79 Å². The van der Waals surface area contributed by atoms with Crippen molar-refractivity contribution in [1.29, 1.82) is 0 Å². The summed E-state index contributed by atoms with van der Waals surface area (Å²) in [7, 11) is 4.18. The Labute approximate surface area is 228 Å². The van der Waals surface area contributed by atoms with Crippen LogP contribution in [0.25, 0.3) is 10.9 Å². The first-order valence-corrected chi connectivity index (χ1v) is 13.9. The molecule has 0 radical (unpaired) electrons. The molecule has 6 rings (SSSR count). The van der Waals surface area contributed by atoms with Gasteiger partial charge in [-0.15, -0.1) is 0 Å². The first kappa shape index (κ1) is 25.8. The van der Waals surface area contributed by atoms with Gasteiger partial charge >= 0.3 is 0 Å². The number of aromatic nitrogens is 1. The van der Waals surface area contributed by atoms with E-state index in [0.29, 0.717) is 12.5 Å². The lowest BCUT2D eigenvalue weighted by Gasteiger charge is -2.52. The molecule has 4 aromatic rings. The fraction of sp³-hybridized carbons (Fsp3) is 0.364. The van der Waals surface area contributed by atoms with Gasteiger partial charge in [0.25, 0.3) is 0 Å². The molecule has 39 heavy (non-hydrogen) atoms. The maximum atomic E-state index is 13.9. The van der Waals surface area contributed by atoms with Gasteiger partial charge in [0.1, 0.15) is 11.6 Å². The highest BCUT2D eigenvalue weighted by Gasteiger charge is 2.49. The zero-order valence-electron chi connectivity index (χ0n) is 22.6. The minimum Gasteiger partial charge on any atom is -0.356 e. The quantitative estimate of drug-likeness (QED) is 0.311. The number of fused-ring (bicyclic) bond motifs is 4. The van der Waals surface area contributed by atoms with E-state index in [1.165, 1.54) is 28.8 Å².